The molecule has 2 aromatic carbocycles. The topological polar surface area (TPSA) is 74.8 Å². The van der Waals surface area contributed by atoms with Crippen molar-refractivity contribution >= 4 is 20.0 Å². The number of benzene rings is 2. The van der Waals surface area contributed by atoms with Gasteiger partial charge in [-0.3, -0.25) is 0 Å². The van der Waals surface area contributed by atoms with Crippen LogP contribution >= 0.6 is 0 Å². The van der Waals surface area contributed by atoms with Gasteiger partial charge >= 0.3 is 0 Å². The highest BCUT2D eigenvalue weighted by Gasteiger charge is 2.26. The highest BCUT2D eigenvalue weighted by Crippen LogP contribution is 2.19. The molecule has 3 rings (SSSR count). The summed E-state index contributed by atoms with van der Waals surface area (Å²) in [7, 11) is -7.27. The summed E-state index contributed by atoms with van der Waals surface area (Å²) in [4.78, 5) is 0.492. The van der Waals surface area contributed by atoms with Gasteiger partial charge in [-0.1, -0.05) is 47.2 Å². The van der Waals surface area contributed by atoms with E-state index in [9.17, 15) is 16.8 Å². The van der Waals surface area contributed by atoms with Gasteiger partial charge < -0.3 is 0 Å². The molecule has 0 saturated carbocycles. The molecule has 0 unspecified atom stereocenters. The van der Waals surface area contributed by atoms with Crippen LogP contribution in [-0.2, 0) is 20.0 Å². The molecule has 6 nitrogen and oxygen atoms in total. The van der Waals surface area contributed by atoms with Crippen LogP contribution in [0.1, 0.15) is 24.0 Å². The maximum atomic E-state index is 12.9. The second kappa shape index (κ2) is 9.31. The Kier molecular flexibility index (Phi) is 6.98. The molecular weight excluding hydrogens is 420 g/mol. The Balaban J connectivity index is 1.78. The summed E-state index contributed by atoms with van der Waals surface area (Å²) in [5.41, 5.74) is 1.98. The molecule has 0 N–H and O–H groups in total. The Morgan fingerprint density at radius 2 is 0.967 bits per heavy atom. The third-order valence-electron chi connectivity index (χ3n) is 5.02. The average Bonchev–Trinajstić information content (AvgIpc) is 2.72. The lowest BCUT2D eigenvalue weighted by molar-refractivity contribution is 0.395. The van der Waals surface area contributed by atoms with E-state index in [1.165, 1.54) is 8.61 Å². The third kappa shape index (κ3) is 5.10. The molecule has 2 aromatic rings. The van der Waals surface area contributed by atoms with Crippen molar-refractivity contribution in [3.63, 3.8) is 0 Å². The molecule has 8 heteroatoms. The molecule has 30 heavy (non-hydrogen) atoms. The Morgan fingerprint density at radius 1 is 0.633 bits per heavy atom. The molecule has 160 valence electrons. The van der Waals surface area contributed by atoms with Gasteiger partial charge in [-0.25, -0.2) is 16.8 Å². The molecule has 0 aliphatic carbocycles. The minimum Gasteiger partial charge on any atom is -0.207 e. The first-order valence-corrected chi connectivity index (χ1v) is 12.7. The lowest BCUT2D eigenvalue weighted by atomic mass is 10.2. The molecule has 0 saturated heterocycles. The van der Waals surface area contributed by atoms with Crippen molar-refractivity contribution < 1.29 is 16.8 Å². The molecule has 1 aliphatic heterocycles. The maximum absolute atomic E-state index is 12.9. The maximum Gasteiger partial charge on any atom is 0.243 e. The van der Waals surface area contributed by atoms with Gasteiger partial charge in [-0.2, -0.15) is 8.61 Å². The van der Waals surface area contributed by atoms with Crippen molar-refractivity contribution in [3.8, 4) is 11.8 Å². The largest absolute Gasteiger partial charge is 0.243 e. The Bertz CT molecular complexity index is 1050. The average molecular weight is 447 g/mol. The molecule has 0 fully saturated rings. The molecule has 0 atom stereocenters. The quantitative estimate of drug-likeness (QED) is 0.677. The summed E-state index contributed by atoms with van der Waals surface area (Å²) in [6.45, 7) is 4.47. The van der Waals surface area contributed by atoms with E-state index in [0.717, 1.165) is 11.1 Å². The second-order valence-corrected chi connectivity index (χ2v) is 11.2. The number of sulfonamides is 2. The third-order valence-corrected chi connectivity index (χ3v) is 8.74. The minimum atomic E-state index is -3.64. The number of aryl methyl sites for hydroxylation is 2. The van der Waals surface area contributed by atoms with Gasteiger partial charge in [0.2, 0.25) is 20.0 Å². The van der Waals surface area contributed by atoms with E-state index in [4.69, 9.17) is 0 Å². The summed E-state index contributed by atoms with van der Waals surface area (Å²) in [6.07, 6.45) is 1.10. The van der Waals surface area contributed by atoms with Crippen LogP contribution in [0.5, 0.6) is 0 Å². The van der Waals surface area contributed by atoms with E-state index in [0.29, 0.717) is 25.9 Å². The van der Waals surface area contributed by atoms with Crippen molar-refractivity contribution in [1.82, 2.24) is 8.61 Å². The van der Waals surface area contributed by atoms with Crippen molar-refractivity contribution in [2.45, 2.75) is 36.5 Å². The van der Waals surface area contributed by atoms with Gasteiger partial charge in [-0.15, -0.1) is 0 Å². The van der Waals surface area contributed by atoms with E-state index in [-0.39, 0.29) is 22.9 Å². The number of hydrogen-bond acceptors (Lipinski definition) is 4. The highest BCUT2D eigenvalue weighted by molar-refractivity contribution is 7.89. The lowest BCUT2D eigenvalue weighted by Gasteiger charge is -2.23. The van der Waals surface area contributed by atoms with Crippen molar-refractivity contribution in [2.75, 3.05) is 26.2 Å². The smallest absolute Gasteiger partial charge is 0.207 e. The van der Waals surface area contributed by atoms with Crippen molar-refractivity contribution in [3.05, 3.63) is 59.7 Å². The van der Waals surface area contributed by atoms with Gasteiger partial charge in [-0.05, 0) is 51.0 Å². The molecule has 0 amide bonds. The summed E-state index contributed by atoms with van der Waals surface area (Å²) >= 11 is 0. The fourth-order valence-corrected chi connectivity index (χ4v) is 5.92. The van der Waals surface area contributed by atoms with Gasteiger partial charge in [0.15, 0.2) is 0 Å². The lowest BCUT2D eigenvalue weighted by Crippen LogP contribution is -2.36. The van der Waals surface area contributed by atoms with Gasteiger partial charge in [0.1, 0.15) is 0 Å². The van der Waals surface area contributed by atoms with Crippen LogP contribution in [0.2, 0.25) is 0 Å². The number of hydrogen-bond donors (Lipinski definition) is 0. The Morgan fingerprint density at radius 3 is 1.30 bits per heavy atom. The van der Waals surface area contributed by atoms with Crippen molar-refractivity contribution in [2.24, 2.45) is 0 Å². The first-order chi connectivity index (χ1) is 14.2. The Labute approximate surface area is 179 Å². The summed E-state index contributed by atoms with van der Waals surface area (Å²) in [5.74, 6) is 5.69. The van der Waals surface area contributed by atoms with E-state index in [2.05, 4.69) is 11.8 Å². The molecule has 1 heterocycles. The van der Waals surface area contributed by atoms with Gasteiger partial charge in [0, 0.05) is 13.1 Å². The zero-order chi connectivity index (χ0) is 21.8. The van der Waals surface area contributed by atoms with Crippen LogP contribution in [0, 0.1) is 25.7 Å². The monoisotopic (exact) mass is 446 g/mol. The molecule has 0 aromatic heterocycles. The number of nitrogens with zero attached hydrogens (tertiary/aromatic N) is 2. The first kappa shape index (κ1) is 22.5. The molecule has 0 spiro atoms. The van der Waals surface area contributed by atoms with Crippen LogP contribution < -0.4 is 0 Å². The van der Waals surface area contributed by atoms with Crippen LogP contribution in [0.25, 0.3) is 0 Å². The predicted octanol–water partition coefficient (Wildman–Crippen LogP) is 2.78. The zero-order valence-corrected chi connectivity index (χ0v) is 18.8. The fourth-order valence-electron chi connectivity index (χ4n) is 3.15. The van der Waals surface area contributed by atoms with Crippen LogP contribution in [-0.4, -0.2) is 51.6 Å². The van der Waals surface area contributed by atoms with Crippen LogP contribution in [0.4, 0.5) is 0 Å². The van der Waals surface area contributed by atoms with E-state index in [1.807, 2.05) is 13.8 Å². The second-order valence-electron chi connectivity index (χ2n) is 7.36. The van der Waals surface area contributed by atoms with Gasteiger partial charge in [0.05, 0.1) is 22.9 Å². The van der Waals surface area contributed by atoms with Gasteiger partial charge in [0.25, 0.3) is 0 Å². The predicted molar refractivity (Wildman–Crippen MR) is 117 cm³/mol. The molecular formula is C22H26N2O4S2. The van der Waals surface area contributed by atoms with Crippen LogP contribution in [0.15, 0.2) is 58.3 Å². The summed E-state index contributed by atoms with van der Waals surface area (Å²) in [5, 5.41) is 0. The molecule has 0 radical (unpaired) electrons. The molecule has 1 aliphatic rings. The fraction of sp³-hybridized carbons (Fsp3) is 0.364. The van der Waals surface area contributed by atoms with E-state index >= 15 is 0 Å². The SMILES string of the molecule is Cc1ccc(S(=O)(=O)N2CC#CCN(S(=O)(=O)c3ccc(C)cc3)CCCC2)cc1. The van der Waals surface area contributed by atoms with Crippen LogP contribution in [0.3, 0.4) is 0 Å². The Hall–Kier alpha value is -2.18. The van der Waals surface area contributed by atoms with E-state index in [1.54, 1.807) is 48.5 Å². The van der Waals surface area contributed by atoms with E-state index < -0.39 is 20.0 Å². The normalized spacial score (nSPS) is 17.1. The zero-order valence-electron chi connectivity index (χ0n) is 17.2. The first-order valence-electron chi connectivity index (χ1n) is 9.80. The number of rotatable bonds is 4. The summed E-state index contributed by atoms with van der Waals surface area (Å²) in [6, 6.07) is 13.5. The molecule has 0 bridgehead atoms. The standard InChI is InChI=1S/C22H26N2O4S2/c1-19-7-11-21(12-8-19)29(25,26)23-15-3-5-17-24(18-6-4-16-23)30(27,28)22-13-9-20(2)10-14-22/h7-14H,3,5,15-18H2,1-2H3. The van der Waals surface area contributed by atoms with Crippen molar-refractivity contribution in [1.29, 1.82) is 0 Å². The highest BCUT2D eigenvalue weighted by atomic mass is 32.2. The minimum absolute atomic E-state index is 0.0363. The summed E-state index contributed by atoms with van der Waals surface area (Å²) < 4.78 is 54.5.